The Labute approximate surface area is 129 Å². The minimum atomic E-state index is 0.250. The lowest BCUT2D eigenvalue weighted by Gasteiger charge is -2.01. The molecule has 0 fully saturated rings. The van der Waals surface area contributed by atoms with Crippen molar-refractivity contribution in [3.05, 3.63) is 66.2 Å². The summed E-state index contributed by atoms with van der Waals surface area (Å²) in [6.07, 6.45) is 0.875. The summed E-state index contributed by atoms with van der Waals surface area (Å²) >= 11 is 0. The Morgan fingerprint density at radius 3 is 2.18 bits per heavy atom. The SMILES string of the molecule is NCCc1ccc(O)cc1.Nc1cccc2ccc(O)cc12. The maximum Gasteiger partial charge on any atom is 0.116 e. The summed E-state index contributed by atoms with van der Waals surface area (Å²) in [7, 11) is 0. The van der Waals surface area contributed by atoms with Crippen LogP contribution in [0.15, 0.2) is 60.7 Å². The fraction of sp³-hybridized carbons (Fsp3) is 0.111. The third kappa shape index (κ3) is 4.14. The molecule has 4 heteroatoms. The van der Waals surface area contributed by atoms with Gasteiger partial charge in [0.05, 0.1) is 0 Å². The zero-order valence-electron chi connectivity index (χ0n) is 12.2. The summed E-state index contributed by atoms with van der Waals surface area (Å²) in [5.41, 5.74) is 12.9. The van der Waals surface area contributed by atoms with Crippen LogP contribution in [0.1, 0.15) is 5.56 Å². The second-order valence-electron chi connectivity index (χ2n) is 4.96. The van der Waals surface area contributed by atoms with Gasteiger partial charge in [0, 0.05) is 11.1 Å². The molecule has 0 saturated carbocycles. The maximum atomic E-state index is 9.20. The van der Waals surface area contributed by atoms with Crippen LogP contribution in [-0.2, 0) is 6.42 Å². The number of hydrogen-bond donors (Lipinski definition) is 4. The van der Waals surface area contributed by atoms with E-state index in [1.807, 2.05) is 36.4 Å². The largest absolute Gasteiger partial charge is 0.508 e. The Morgan fingerprint density at radius 1 is 0.818 bits per heavy atom. The van der Waals surface area contributed by atoms with Crippen molar-refractivity contribution in [2.45, 2.75) is 6.42 Å². The van der Waals surface area contributed by atoms with Crippen molar-refractivity contribution in [3.8, 4) is 11.5 Å². The molecule has 114 valence electrons. The van der Waals surface area contributed by atoms with E-state index in [0.717, 1.165) is 17.2 Å². The number of nitrogen functional groups attached to an aromatic ring is 1. The first-order valence-electron chi connectivity index (χ1n) is 7.05. The van der Waals surface area contributed by atoms with Crippen molar-refractivity contribution in [3.63, 3.8) is 0 Å². The van der Waals surface area contributed by atoms with Crippen LogP contribution in [0.25, 0.3) is 10.8 Å². The summed E-state index contributed by atoms with van der Waals surface area (Å²) in [5.74, 6) is 0.557. The van der Waals surface area contributed by atoms with Gasteiger partial charge >= 0.3 is 0 Å². The Balaban J connectivity index is 0.000000164. The van der Waals surface area contributed by atoms with Crippen LogP contribution < -0.4 is 11.5 Å². The third-order valence-corrected chi connectivity index (χ3v) is 3.27. The van der Waals surface area contributed by atoms with Gasteiger partial charge in [0.1, 0.15) is 11.5 Å². The van der Waals surface area contributed by atoms with Crippen LogP contribution in [0.5, 0.6) is 11.5 Å². The standard InChI is InChI=1S/C10H9NO.C8H11NO/c11-10-3-1-2-7-4-5-8(12)6-9(7)10;9-6-5-7-1-3-8(10)4-2-7/h1-6,12H,11H2;1-4,10H,5-6,9H2. The van der Waals surface area contributed by atoms with Crippen molar-refractivity contribution in [2.24, 2.45) is 5.73 Å². The Bertz CT molecular complexity index is 740. The second kappa shape index (κ2) is 7.33. The van der Waals surface area contributed by atoms with Gasteiger partial charge in [-0.2, -0.15) is 0 Å². The molecule has 0 saturated heterocycles. The van der Waals surface area contributed by atoms with Gasteiger partial charge in [0.15, 0.2) is 0 Å². The zero-order chi connectivity index (χ0) is 15.9. The first kappa shape index (κ1) is 15.7. The molecular weight excluding hydrogens is 276 g/mol. The van der Waals surface area contributed by atoms with Crippen LogP contribution in [0.4, 0.5) is 5.69 Å². The van der Waals surface area contributed by atoms with Crippen molar-refractivity contribution >= 4 is 16.5 Å². The number of nitrogens with two attached hydrogens (primary N) is 2. The Morgan fingerprint density at radius 2 is 1.50 bits per heavy atom. The zero-order valence-corrected chi connectivity index (χ0v) is 12.2. The number of anilines is 1. The van der Waals surface area contributed by atoms with Gasteiger partial charge in [0.2, 0.25) is 0 Å². The molecule has 4 nitrogen and oxygen atoms in total. The minimum absolute atomic E-state index is 0.250. The van der Waals surface area contributed by atoms with Crippen molar-refractivity contribution in [2.75, 3.05) is 12.3 Å². The van der Waals surface area contributed by atoms with Crippen molar-refractivity contribution in [1.82, 2.24) is 0 Å². The average molecular weight is 296 g/mol. The molecule has 0 aliphatic heterocycles. The number of phenols is 2. The Kier molecular flexibility index (Phi) is 5.22. The van der Waals surface area contributed by atoms with E-state index >= 15 is 0 Å². The molecule has 6 N–H and O–H groups in total. The number of phenolic OH excluding ortho intramolecular Hbond substituents is 2. The predicted octanol–water partition coefficient (Wildman–Crippen LogP) is 3.02. The molecule has 0 spiro atoms. The highest BCUT2D eigenvalue weighted by molar-refractivity contribution is 5.93. The molecule has 3 aromatic rings. The molecule has 0 heterocycles. The van der Waals surface area contributed by atoms with Gasteiger partial charge in [-0.05, 0) is 54.2 Å². The molecule has 0 aliphatic carbocycles. The normalized spacial score (nSPS) is 10.0. The summed E-state index contributed by atoms with van der Waals surface area (Å²) in [6.45, 7) is 0.658. The fourth-order valence-electron chi connectivity index (χ4n) is 2.11. The van der Waals surface area contributed by atoms with Gasteiger partial charge in [-0.25, -0.2) is 0 Å². The van der Waals surface area contributed by atoms with E-state index in [1.165, 1.54) is 5.56 Å². The van der Waals surface area contributed by atoms with Gasteiger partial charge in [0.25, 0.3) is 0 Å². The van der Waals surface area contributed by atoms with Crippen molar-refractivity contribution < 1.29 is 10.2 Å². The molecule has 0 atom stereocenters. The highest BCUT2D eigenvalue weighted by Gasteiger charge is 1.97. The van der Waals surface area contributed by atoms with Crippen LogP contribution in [0.2, 0.25) is 0 Å². The number of rotatable bonds is 2. The van der Waals surface area contributed by atoms with E-state index in [9.17, 15) is 5.11 Å². The third-order valence-electron chi connectivity index (χ3n) is 3.27. The lowest BCUT2D eigenvalue weighted by molar-refractivity contribution is 0.475. The first-order chi connectivity index (χ1) is 10.6. The molecule has 0 aromatic heterocycles. The van der Waals surface area contributed by atoms with Gasteiger partial charge < -0.3 is 21.7 Å². The Hall–Kier alpha value is -2.72. The minimum Gasteiger partial charge on any atom is -0.508 e. The summed E-state index contributed by atoms with van der Waals surface area (Å²) < 4.78 is 0. The molecule has 0 amide bonds. The molecule has 3 aromatic carbocycles. The van der Waals surface area contributed by atoms with E-state index in [2.05, 4.69) is 0 Å². The molecule has 0 radical (unpaired) electrons. The highest BCUT2D eigenvalue weighted by Crippen LogP contribution is 2.24. The second-order valence-corrected chi connectivity index (χ2v) is 4.96. The lowest BCUT2D eigenvalue weighted by Crippen LogP contribution is -2.01. The van der Waals surface area contributed by atoms with Crippen LogP contribution >= 0.6 is 0 Å². The number of aromatic hydroxyl groups is 2. The van der Waals surface area contributed by atoms with Crippen molar-refractivity contribution in [1.29, 1.82) is 0 Å². The molecule has 0 unspecified atom stereocenters. The molecule has 0 bridgehead atoms. The van der Waals surface area contributed by atoms with E-state index in [-0.39, 0.29) is 5.75 Å². The van der Waals surface area contributed by atoms with E-state index in [1.54, 1.807) is 24.3 Å². The number of benzene rings is 3. The van der Waals surface area contributed by atoms with E-state index in [4.69, 9.17) is 16.6 Å². The van der Waals surface area contributed by atoms with Crippen LogP contribution in [-0.4, -0.2) is 16.8 Å². The summed E-state index contributed by atoms with van der Waals surface area (Å²) in [6, 6.07) is 18.0. The van der Waals surface area contributed by atoms with Crippen LogP contribution in [0, 0.1) is 0 Å². The van der Waals surface area contributed by atoms with Gasteiger partial charge in [-0.15, -0.1) is 0 Å². The first-order valence-corrected chi connectivity index (χ1v) is 7.05. The molecule has 0 aliphatic rings. The smallest absolute Gasteiger partial charge is 0.116 e. The molecule has 3 rings (SSSR count). The van der Waals surface area contributed by atoms with E-state index in [0.29, 0.717) is 18.0 Å². The van der Waals surface area contributed by atoms with Crippen LogP contribution in [0.3, 0.4) is 0 Å². The maximum absolute atomic E-state index is 9.20. The van der Waals surface area contributed by atoms with Gasteiger partial charge in [-0.3, -0.25) is 0 Å². The highest BCUT2D eigenvalue weighted by atomic mass is 16.3. The molecule has 22 heavy (non-hydrogen) atoms. The van der Waals surface area contributed by atoms with Gasteiger partial charge in [-0.1, -0.05) is 30.3 Å². The topological polar surface area (TPSA) is 92.5 Å². The average Bonchev–Trinajstić information content (AvgIpc) is 2.51. The molecular formula is C18H20N2O2. The number of fused-ring (bicyclic) bond motifs is 1. The monoisotopic (exact) mass is 296 g/mol. The number of hydrogen-bond acceptors (Lipinski definition) is 4. The predicted molar refractivity (Wildman–Crippen MR) is 90.9 cm³/mol. The van der Waals surface area contributed by atoms with E-state index < -0.39 is 0 Å². The fourth-order valence-corrected chi connectivity index (χ4v) is 2.11. The lowest BCUT2D eigenvalue weighted by atomic mass is 10.1. The quantitative estimate of drug-likeness (QED) is 0.547. The summed E-state index contributed by atoms with van der Waals surface area (Å²) in [5, 5.41) is 20.0. The summed E-state index contributed by atoms with van der Waals surface area (Å²) in [4.78, 5) is 0.